The van der Waals surface area contributed by atoms with E-state index in [1.165, 1.54) is 25.9 Å². The predicted molar refractivity (Wildman–Crippen MR) is 84.9 cm³/mol. The molecule has 5 nitrogen and oxygen atoms in total. The van der Waals surface area contributed by atoms with Crippen LogP contribution in [0, 0.1) is 0 Å². The molecule has 0 radical (unpaired) electrons. The second-order valence-corrected chi connectivity index (χ2v) is 5.64. The summed E-state index contributed by atoms with van der Waals surface area (Å²) < 4.78 is 5.66. The lowest BCUT2D eigenvalue weighted by Crippen LogP contribution is -2.33. The largest absolute Gasteiger partial charge is 0.492 e. The number of hydrogen-bond acceptors (Lipinski definition) is 5. The zero-order valence-electron chi connectivity index (χ0n) is 12.7. The summed E-state index contributed by atoms with van der Waals surface area (Å²) in [5.74, 6) is 0.757. The lowest BCUT2D eigenvalue weighted by atomic mass is 9.80. The minimum atomic E-state index is -1.42. The predicted octanol–water partition coefficient (Wildman–Crippen LogP) is -0.227. The van der Waals surface area contributed by atoms with Crippen molar-refractivity contribution in [2.45, 2.75) is 12.8 Å². The van der Waals surface area contributed by atoms with Crippen LogP contribution in [0.5, 0.6) is 5.75 Å². The Labute approximate surface area is 127 Å². The van der Waals surface area contributed by atoms with Crippen molar-refractivity contribution in [3.05, 3.63) is 24.3 Å². The summed E-state index contributed by atoms with van der Waals surface area (Å²) in [5, 5.41) is 18.0. The number of ether oxygens (including phenoxy) is 1. The Morgan fingerprint density at radius 1 is 1.14 bits per heavy atom. The normalized spacial score (nSPS) is 15.6. The number of likely N-dealkylation sites (N-methyl/N-ethyl adjacent to an activating group) is 1. The fourth-order valence-corrected chi connectivity index (χ4v) is 2.49. The van der Waals surface area contributed by atoms with Gasteiger partial charge in [-0.1, -0.05) is 12.1 Å². The summed E-state index contributed by atoms with van der Waals surface area (Å²) in [5.41, 5.74) is 0.477. The van der Waals surface area contributed by atoms with E-state index in [4.69, 9.17) is 14.8 Å². The molecule has 0 aliphatic carbocycles. The second kappa shape index (κ2) is 8.39. The van der Waals surface area contributed by atoms with Gasteiger partial charge >= 0.3 is 7.12 Å². The summed E-state index contributed by atoms with van der Waals surface area (Å²) >= 11 is 0. The molecule has 0 saturated carbocycles. The highest BCUT2D eigenvalue weighted by Gasteiger charge is 2.12. The maximum Gasteiger partial charge on any atom is 0.488 e. The van der Waals surface area contributed by atoms with E-state index in [-0.39, 0.29) is 0 Å². The molecule has 1 aliphatic rings. The Balaban J connectivity index is 1.61. The molecule has 21 heavy (non-hydrogen) atoms. The van der Waals surface area contributed by atoms with E-state index in [9.17, 15) is 0 Å². The van der Waals surface area contributed by atoms with Crippen LogP contribution in [0.3, 0.4) is 0 Å². The molecule has 1 saturated heterocycles. The van der Waals surface area contributed by atoms with Gasteiger partial charge in [-0.2, -0.15) is 0 Å². The quantitative estimate of drug-likeness (QED) is 0.648. The van der Waals surface area contributed by atoms with Crippen molar-refractivity contribution in [2.24, 2.45) is 0 Å². The topological polar surface area (TPSA) is 56.2 Å². The molecule has 0 atom stereocenters. The first kappa shape index (κ1) is 16.3. The smallest absolute Gasteiger partial charge is 0.488 e. The minimum absolute atomic E-state index is 0.477. The Morgan fingerprint density at radius 3 is 2.43 bits per heavy atom. The van der Waals surface area contributed by atoms with E-state index < -0.39 is 7.12 Å². The third-order valence-corrected chi connectivity index (χ3v) is 3.92. The van der Waals surface area contributed by atoms with Crippen molar-refractivity contribution in [1.82, 2.24) is 9.80 Å². The fourth-order valence-electron chi connectivity index (χ4n) is 2.49. The van der Waals surface area contributed by atoms with Gasteiger partial charge < -0.3 is 24.6 Å². The molecule has 116 valence electrons. The molecule has 0 spiro atoms. The van der Waals surface area contributed by atoms with Gasteiger partial charge in [-0.05, 0) is 50.6 Å². The highest BCUT2D eigenvalue weighted by Crippen LogP contribution is 2.08. The third kappa shape index (κ3) is 5.67. The number of benzene rings is 1. The lowest BCUT2D eigenvalue weighted by molar-refractivity contribution is 0.213. The van der Waals surface area contributed by atoms with E-state index in [1.54, 1.807) is 24.3 Å². The molecule has 2 N–H and O–H groups in total. The SMILES string of the molecule is CN(CCOc1ccc(B(O)O)cc1)CCN1CCCC1. The number of hydrogen-bond donors (Lipinski definition) is 2. The molecule has 1 aliphatic heterocycles. The number of likely N-dealkylation sites (tertiary alicyclic amines) is 1. The zero-order chi connectivity index (χ0) is 15.1. The highest BCUT2D eigenvalue weighted by molar-refractivity contribution is 6.58. The van der Waals surface area contributed by atoms with Gasteiger partial charge in [0.1, 0.15) is 12.4 Å². The number of rotatable bonds is 8. The highest BCUT2D eigenvalue weighted by atomic mass is 16.5. The molecule has 1 fully saturated rings. The van der Waals surface area contributed by atoms with Crippen molar-refractivity contribution < 1.29 is 14.8 Å². The van der Waals surface area contributed by atoms with E-state index >= 15 is 0 Å². The van der Waals surface area contributed by atoms with Crippen molar-refractivity contribution >= 4 is 12.6 Å². The van der Waals surface area contributed by atoms with E-state index in [2.05, 4.69) is 16.8 Å². The van der Waals surface area contributed by atoms with Crippen molar-refractivity contribution in [1.29, 1.82) is 0 Å². The van der Waals surface area contributed by atoms with Crippen molar-refractivity contribution in [2.75, 3.05) is 46.4 Å². The molecule has 0 amide bonds. The fraction of sp³-hybridized carbons (Fsp3) is 0.600. The van der Waals surface area contributed by atoms with Crippen LogP contribution in [0.15, 0.2) is 24.3 Å². The Kier molecular flexibility index (Phi) is 6.51. The lowest BCUT2D eigenvalue weighted by Gasteiger charge is -2.21. The summed E-state index contributed by atoms with van der Waals surface area (Å²) in [7, 11) is 0.695. The van der Waals surface area contributed by atoms with Gasteiger partial charge in [0, 0.05) is 19.6 Å². The maximum atomic E-state index is 9.02. The minimum Gasteiger partial charge on any atom is -0.492 e. The van der Waals surface area contributed by atoms with Gasteiger partial charge in [0.05, 0.1) is 0 Å². The monoisotopic (exact) mass is 292 g/mol. The van der Waals surface area contributed by atoms with Gasteiger partial charge in [0.25, 0.3) is 0 Å². The van der Waals surface area contributed by atoms with Gasteiger partial charge in [-0.15, -0.1) is 0 Å². The first-order chi connectivity index (χ1) is 10.1. The van der Waals surface area contributed by atoms with Crippen LogP contribution in [0.25, 0.3) is 0 Å². The Morgan fingerprint density at radius 2 is 1.81 bits per heavy atom. The van der Waals surface area contributed by atoms with E-state index in [1.807, 2.05) is 0 Å². The molecule has 1 aromatic rings. The summed E-state index contributed by atoms with van der Waals surface area (Å²) in [6.45, 7) is 6.22. The Hall–Kier alpha value is -1.08. The second-order valence-electron chi connectivity index (χ2n) is 5.64. The molecule has 0 bridgehead atoms. The van der Waals surface area contributed by atoms with Crippen LogP contribution in [0.4, 0.5) is 0 Å². The molecular weight excluding hydrogens is 267 g/mol. The van der Waals surface area contributed by atoms with Crippen LogP contribution in [-0.4, -0.2) is 73.3 Å². The summed E-state index contributed by atoms with van der Waals surface area (Å²) in [6, 6.07) is 6.85. The molecular formula is C15H25BN2O3. The van der Waals surface area contributed by atoms with E-state index in [0.717, 1.165) is 25.4 Å². The first-order valence-electron chi connectivity index (χ1n) is 7.65. The number of nitrogens with zero attached hydrogens (tertiary/aromatic N) is 2. The first-order valence-corrected chi connectivity index (χ1v) is 7.65. The van der Waals surface area contributed by atoms with Gasteiger partial charge in [-0.25, -0.2) is 0 Å². The van der Waals surface area contributed by atoms with Crippen LogP contribution in [-0.2, 0) is 0 Å². The van der Waals surface area contributed by atoms with Crippen molar-refractivity contribution in [3.8, 4) is 5.75 Å². The van der Waals surface area contributed by atoms with Crippen LogP contribution >= 0.6 is 0 Å². The van der Waals surface area contributed by atoms with Gasteiger partial charge in [-0.3, -0.25) is 0 Å². The van der Waals surface area contributed by atoms with Crippen LogP contribution in [0.2, 0.25) is 0 Å². The standard InChI is InChI=1S/C15H25BN2O3/c1-17(10-11-18-8-2-3-9-18)12-13-21-15-6-4-14(5-7-15)16(19)20/h4-7,19-20H,2-3,8-13H2,1H3. The zero-order valence-corrected chi connectivity index (χ0v) is 12.7. The molecule has 6 heteroatoms. The maximum absolute atomic E-state index is 9.02. The summed E-state index contributed by atoms with van der Waals surface area (Å²) in [6.07, 6.45) is 2.68. The molecule has 0 aromatic heterocycles. The molecule has 1 heterocycles. The molecule has 0 unspecified atom stereocenters. The van der Waals surface area contributed by atoms with Crippen LogP contribution < -0.4 is 10.2 Å². The van der Waals surface area contributed by atoms with E-state index in [0.29, 0.717) is 12.1 Å². The molecule has 1 aromatic carbocycles. The van der Waals surface area contributed by atoms with Crippen molar-refractivity contribution in [3.63, 3.8) is 0 Å². The summed E-state index contributed by atoms with van der Waals surface area (Å²) in [4.78, 5) is 4.79. The third-order valence-electron chi connectivity index (χ3n) is 3.92. The average Bonchev–Trinajstić information content (AvgIpc) is 2.99. The van der Waals surface area contributed by atoms with Gasteiger partial charge in [0.15, 0.2) is 0 Å². The average molecular weight is 292 g/mol. The Bertz CT molecular complexity index is 408. The van der Waals surface area contributed by atoms with Crippen LogP contribution in [0.1, 0.15) is 12.8 Å². The molecule has 2 rings (SSSR count). The van der Waals surface area contributed by atoms with Gasteiger partial charge in [0.2, 0.25) is 0 Å².